The van der Waals surface area contributed by atoms with Crippen molar-refractivity contribution in [3.63, 3.8) is 0 Å². The van der Waals surface area contributed by atoms with Gasteiger partial charge in [0.25, 0.3) is 0 Å². The molecule has 0 unspecified atom stereocenters. The van der Waals surface area contributed by atoms with Crippen LogP contribution in [0.15, 0.2) is 18.2 Å². The van der Waals surface area contributed by atoms with E-state index in [2.05, 4.69) is 59.8 Å². The van der Waals surface area contributed by atoms with Crippen molar-refractivity contribution in [2.75, 3.05) is 18.0 Å². The van der Waals surface area contributed by atoms with E-state index in [0.29, 0.717) is 5.41 Å². The highest BCUT2D eigenvalue weighted by Crippen LogP contribution is 2.32. The Balaban J connectivity index is 2.16. The fraction of sp³-hybridized carbons (Fsp3) is 0.625. The van der Waals surface area contributed by atoms with Gasteiger partial charge in [0.2, 0.25) is 0 Å². The zero-order valence-corrected chi connectivity index (χ0v) is 13.4. The number of hydrogen-bond donors (Lipinski definition) is 0. The molecule has 0 amide bonds. The third-order valence-corrected chi connectivity index (χ3v) is 4.74. The minimum absolute atomic E-state index is 0.512. The second kappa shape index (κ2) is 5.64. The average molecular weight is 310 g/mol. The summed E-state index contributed by atoms with van der Waals surface area (Å²) in [6.45, 7) is 9.44. The molecular weight excluding hydrogens is 286 g/mol. The zero-order valence-electron chi connectivity index (χ0n) is 11.8. The molecule has 1 fully saturated rings. The maximum absolute atomic E-state index is 3.53. The molecule has 2 heteroatoms. The Morgan fingerprint density at radius 2 is 2.00 bits per heavy atom. The van der Waals surface area contributed by atoms with Crippen LogP contribution in [0.2, 0.25) is 0 Å². The van der Waals surface area contributed by atoms with E-state index in [1.807, 2.05) is 0 Å². The number of halogens is 1. The molecule has 0 radical (unpaired) electrons. The van der Waals surface area contributed by atoms with E-state index in [-0.39, 0.29) is 0 Å². The number of aryl methyl sites for hydroxylation is 1. The van der Waals surface area contributed by atoms with Crippen molar-refractivity contribution in [3.05, 3.63) is 29.3 Å². The molecule has 0 saturated carbocycles. The van der Waals surface area contributed by atoms with E-state index < -0.39 is 0 Å². The summed E-state index contributed by atoms with van der Waals surface area (Å²) in [6, 6.07) is 6.84. The fourth-order valence-corrected chi connectivity index (χ4v) is 3.17. The van der Waals surface area contributed by atoms with Crippen molar-refractivity contribution < 1.29 is 0 Å². The van der Waals surface area contributed by atoms with Gasteiger partial charge in [0.15, 0.2) is 0 Å². The Morgan fingerprint density at radius 3 is 2.67 bits per heavy atom. The van der Waals surface area contributed by atoms with Gasteiger partial charge in [-0.25, -0.2) is 0 Å². The molecule has 0 N–H and O–H groups in total. The normalized spacial score (nSPS) is 19.7. The smallest absolute Gasteiger partial charge is 0.0396 e. The third-order valence-electron chi connectivity index (χ3n) is 4.10. The Kier molecular flexibility index (Phi) is 4.37. The Labute approximate surface area is 120 Å². The summed E-state index contributed by atoms with van der Waals surface area (Å²) in [5, 5.41) is 0.946. The van der Waals surface area contributed by atoms with Gasteiger partial charge in [-0.15, -0.1) is 0 Å². The van der Waals surface area contributed by atoms with Gasteiger partial charge in [-0.05, 0) is 48.8 Å². The second-order valence-electron chi connectivity index (χ2n) is 6.26. The van der Waals surface area contributed by atoms with Gasteiger partial charge in [-0.1, -0.05) is 41.9 Å². The van der Waals surface area contributed by atoms with E-state index >= 15 is 0 Å². The van der Waals surface area contributed by atoms with E-state index in [9.17, 15) is 0 Å². The van der Waals surface area contributed by atoms with Crippen LogP contribution in [0.5, 0.6) is 0 Å². The predicted octanol–water partition coefficient (Wildman–Crippen LogP) is 4.91. The summed E-state index contributed by atoms with van der Waals surface area (Å²) in [5.74, 6) is 0. The van der Waals surface area contributed by atoms with Gasteiger partial charge in [0.1, 0.15) is 0 Å². The van der Waals surface area contributed by atoms with Crippen molar-refractivity contribution in [1.82, 2.24) is 0 Å². The van der Waals surface area contributed by atoms with E-state index in [4.69, 9.17) is 0 Å². The van der Waals surface area contributed by atoms with Crippen LogP contribution in [0.1, 0.15) is 44.2 Å². The molecule has 1 aromatic rings. The SMILES string of the molecule is Cc1cc(CBr)ccc1N1CCCC(C)(C)CC1. The van der Waals surface area contributed by atoms with Crippen LogP contribution < -0.4 is 4.90 Å². The largest absolute Gasteiger partial charge is 0.371 e. The lowest BCUT2D eigenvalue weighted by Gasteiger charge is -2.26. The quantitative estimate of drug-likeness (QED) is 0.702. The van der Waals surface area contributed by atoms with Crippen LogP contribution in [0.3, 0.4) is 0 Å². The Hall–Kier alpha value is -0.500. The molecule has 1 aliphatic rings. The standard InChI is InChI=1S/C16H24BrN/c1-13-11-14(12-17)5-6-15(13)18-9-4-7-16(2,3)8-10-18/h5-6,11H,4,7-10,12H2,1-3H3. The third kappa shape index (κ3) is 3.28. The number of alkyl halides is 1. The Morgan fingerprint density at radius 1 is 1.22 bits per heavy atom. The number of benzene rings is 1. The van der Waals surface area contributed by atoms with Crippen molar-refractivity contribution in [2.24, 2.45) is 5.41 Å². The molecule has 2 rings (SSSR count). The van der Waals surface area contributed by atoms with Gasteiger partial charge in [0, 0.05) is 24.1 Å². The average Bonchev–Trinajstić information content (AvgIpc) is 2.50. The first-order valence-corrected chi connectivity index (χ1v) is 8.04. The highest BCUT2D eigenvalue weighted by atomic mass is 79.9. The molecule has 0 atom stereocenters. The molecular formula is C16H24BrN. The van der Waals surface area contributed by atoms with Crippen molar-refractivity contribution in [3.8, 4) is 0 Å². The molecule has 0 aliphatic carbocycles. The first kappa shape index (κ1) is 13.9. The molecule has 1 nitrogen and oxygen atoms in total. The molecule has 0 spiro atoms. The zero-order chi connectivity index (χ0) is 13.2. The summed E-state index contributed by atoms with van der Waals surface area (Å²) in [4.78, 5) is 2.57. The van der Waals surface area contributed by atoms with Crippen LogP contribution in [-0.4, -0.2) is 13.1 Å². The topological polar surface area (TPSA) is 3.24 Å². The summed E-state index contributed by atoms with van der Waals surface area (Å²) >= 11 is 3.53. The molecule has 100 valence electrons. The fourth-order valence-electron chi connectivity index (χ4n) is 2.82. The lowest BCUT2D eigenvalue weighted by molar-refractivity contribution is 0.325. The minimum atomic E-state index is 0.512. The highest BCUT2D eigenvalue weighted by molar-refractivity contribution is 9.08. The molecule has 1 saturated heterocycles. The van der Waals surface area contributed by atoms with E-state index in [1.165, 1.54) is 49.2 Å². The molecule has 1 aliphatic heterocycles. The minimum Gasteiger partial charge on any atom is -0.371 e. The van der Waals surface area contributed by atoms with Gasteiger partial charge in [0.05, 0.1) is 0 Å². The number of anilines is 1. The van der Waals surface area contributed by atoms with Crippen molar-refractivity contribution in [1.29, 1.82) is 0 Å². The molecule has 0 bridgehead atoms. The molecule has 1 heterocycles. The van der Waals surface area contributed by atoms with Gasteiger partial charge in [-0.3, -0.25) is 0 Å². The summed E-state index contributed by atoms with van der Waals surface area (Å²) < 4.78 is 0. The monoisotopic (exact) mass is 309 g/mol. The summed E-state index contributed by atoms with van der Waals surface area (Å²) in [7, 11) is 0. The number of hydrogen-bond acceptors (Lipinski definition) is 1. The van der Waals surface area contributed by atoms with Gasteiger partial charge < -0.3 is 4.90 Å². The maximum Gasteiger partial charge on any atom is 0.0396 e. The molecule has 18 heavy (non-hydrogen) atoms. The Bertz CT molecular complexity index is 412. The summed E-state index contributed by atoms with van der Waals surface area (Å²) in [5.41, 5.74) is 4.72. The van der Waals surface area contributed by atoms with Crippen LogP contribution >= 0.6 is 15.9 Å². The lowest BCUT2D eigenvalue weighted by atomic mass is 9.85. The highest BCUT2D eigenvalue weighted by Gasteiger charge is 2.23. The van der Waals surface area contributed by atoms with Crippen molar-refractivity contribution >= 4 is 21.6 Å². The van der Waals surface area contributed by atoms with Crippen LogP contribution in [0, 0.1) is 12.3 Å². The van der Waals surface area contributed by atoms with Crippen LogP contribution in [-0.2, 0) is 5.33 Å². The summed E-state index contributed by atoms with van der Waals surface area (Å²) in [6.07, 6.45) is 3.96. The van der Waals surface area contributed by atoms with Crippen molar-refractivity contribution in [2.45, 2.75) is 45.4 Å². The lowest BCUT2D eigenvalue weighted by Crippen LogP contribution is -2.25. The molecule has 0 aromatic heterocycles. The number of rotatable bonds is 2. The van der Waals surface area contributed by atoms with Gasteiger partial charge >= 0.3 is 0 Å². The van der Waals surface area contributed by atoms with Gasteiger partial charge in [-0.2, -0.15) is 0 Å². The second-order valence-corrected chi connectivity index (χ2v) is 6.82. The first-order valence-electron chi connectivity index (χ1n) is 6.92. The van der Waals surface area contributed by atoms with E-state index in [1.54, 1.807) is 0 Å². The number of nitrogens with zero attached hydrogens (tertiary/aromatic N) is 1. The van der Waals surface area contributed by atoms with Crippen LogP contribution in [0.25, 0.3) is 0 Å². The van der Waals surface area contributed by atoms with Crippen LogP contribution in [0.4, 0.5) is 5.69 Å². The first-order chi connectivity index (χ1) is 8.52. The maximum atomic E-state index is 3.53. The molecule has 1 aromatic carbocycles. The predicted molar refractivity (Wildman–Crippen MR) is 83.7 cm³/mol. The van der Waals surface area contributed by atoms with E-state index in [0.717, 1.165) is 5.33 Å².